The lowest BCUT2D eigenvalue weighted by Crippen LogP contribution is -1.97. The van der Waals surface area contributed by atoms with Crippen LogP contribution in [-0.2, 0) is 0 Å². The maximum atomic E-state index is 6.68. The van der Waals surface area contributed by atoms with E-state index >= 15 is 0 Å². The van der Waals surface area contributed by atoms with Crippen LogP contribution in [0, 0.1) is 13.8 Å². The van der Waals surface area contributed by atoms with Crippen LogP contribution in [0.25, 0.3) is 88.1 Å². The molecule has 0 amide bonds. The van der Waals surface area contributed by atoms with Crippen molar-refractivity contribution in [3.05, 3.63) is 145 Å². The van der Waals surface area contributed by atoms with Crippen LogP contribution in [0.4, 0.5) is 0 Å². The summed E-state index contributed by atoms with van der Waals surface area (Å²) in [5, 5.41) is 5.24. The van der Waals surface area contributed by atoms with Gasteiger partial charge in [0.15, 0.2) is 5.65 Å². The Labute approximate surface area is 291 Å². The molecular weight excluding hydrogens is 629 g/mol. The summed E-state index contributed by atoms with van der Waals surface area (Å²) in [7, 11) is 0. The monoisotopic (exact) mass is 656 g/mol. The lowest BCUT2D eigenvalue weighted by atomic mass is 9.92. The summed E-state index contributed by atoms with van der Waals surface area (Å²) >= 11 is 0. The van der Waals surface area contributed by atoms with E-state index < -0.39 is 0 Å². The number of hydrogen-bond acceptors (Lipinski definition) is 5. The van der Waals surface area contributed by atoms with Crippen molar-refractivity contribution >= 4 is 77.0 Å². The van der Waals surface area contributed by atoms with Crippen molar-refractivity contribution in [1.82, 2.24) is 28.7 Å². The van der Waals surface area contributed by atoms with E-state index in [-0.39, 0.29) is 0 Å². The fourth-order valence-electron chi connectivity index (χ4n) is 8.10. The third-order valence-electron chi connectivity index (χ3n) is 10.3. The summed E-state index contributed by atoms with van der Waals surface area (Å²) in [6.07, 6.45) is 3.47. The van der Waals surface area contributed by atoms with Crippen molar-refractivity contribution in [2.75, 3.05) is 0 Å². The van der Waals surface area contributed by atoms with Gasteiger partial charge in [-0.15, -0.1) is 0 Å². The average molecular weight is 657 g/mol. The molecule has 0 atom stereocenters. The van der Waals surface area contributed by atoms with Gasteiger partial charge < -0.3 is 4.74 Å². The Morgan fingerprint density at radius 2 is 1.10 bits per heavy atom. The minimum atomic E-state index is 0.710. The average Bonchev–Trinajstić information content (AvgIpc) is 3.75. The molecule has 0 bridgehead atoms. The molecule has 5 aromatic heterocycles. The summed E-state index contributed by atoms with van der Waals surface area (Å²) in [6, 6.07) is 42.1. The molecule has 11 aromatic rings. The smallest absolute Gasteiger partial charge is 0.165 e. The first-order valence-corrected chi connectivity index (χ1v) is 17.1. The first kappa shape index (κ1) is 28.0. The fraction of sp³-hybridized carbons (Fsp3) is 0.0455. The zero-order valence-electron chi connectivity index (χ0n) is 27.8. The van der Waals surface area contributed by atoms with E-state index in [2.05, 4.69) is 120 Å². The number of aryl methyl sites for hydroxylation is 2. The lowest BCUT2D eigenvalue weighted by Gasteiger charge is -2.17. The molecule has 7 heteroatoms. The number of pyridine rings is 2. The van der Waals surface area contributed by atoms with Crippen molar-refractivity contribution in [2.45, 2.75) is 13.8 Å². The van der Waals surface area contributed by atoms with Crippen LogP contribution in [0.1, 0.15) is 11.1 Å². The number of nitrogens with zero attached hydrogens (tertiary/aromatic N) is 6. The normalized spacial score (nSPS) is 12.1. The van der Waals surface area contributed by atoms with Crippen molar-refractivity contribution in [3.63, 3.8) is 0 Å². The maximum absolute atomic E-state index is 6.68. The first-order valence-electron chi connectivity index (χ1n) is 17.1. The zero-order valence-corrected chi connectivity index (χ0v) is 27.8. The summed E-state index contributed by atoms with van der Waals surface area (Å²) in [5.41, 5.74) is 13.4. The number of hydrogen-bond donors (Lipinski definition) is 0. The van der Waals surface area contributed by atoms with Gasteiger partial charge in [0.1, 0.15) is 28.3 Å². The number of rotatable bonds is 3. The predicted molar refractivity (Wildman–Crippen MR) is 206 cm³/mol. The minimum absolute atomic E-state index is 0.710. The summed E-state index contributed by atoms with van der Waals surface area (Å²) in [6.45, 7) is 4.38. The predicted octanol–water partition coefficient (Wildman–Crippen LogP) is 10.8. The number of benzene rings is 6. The summed E-state index contributed by atoms with van der Waals surface area (Å²) < 4.78 is 11.1. The molecule has 51 heavy (non-hydrogen) atoms. The molecule has 0 radical (unpaired) electrons. The molecule has 6 aromatic carbocycles. The van der Waals surface area contributed by atoms with Crippen LogP contribution in [0.15, 0.2) is 134 Å². The minimum Gasteiger partial charge on any atom is -0.457 e. The van der Waals surface area contributed by atoms with E-state index in [4.69, 9.17) is 24.7 Å². The molecule has 7 nitrogen and oxygen atoms in total. The highest BCUT2D eigenvalue weighted by Gasteiger charge is 2.20. The summed E-state index contributed by atoms with van der Waals surface area (Å²) in [4.78, 5) is 19.7. The molecule has 5 heterocycles. The SMILES string of the molecule is Cc1cccc(C)c1-c1cccc2c3ccc(Oc4ccc5c(c4)c4nc6ccccc6n4c4nccnc54)cc3c3nc4ccccc4n3c12. The molecule has 240 valence electrons. The Hall–Kier alpha value is -6.86. The number of fused-ring (bicyclic) bond motifs is 16. The molecule has 0 saturated heterocycles. The van der Waals surface area contributed by atoms with E-state index in [0.717, 1.165) is 77.3 Å². The highest BCUT2D eigenvalue weighted by Crippen LogP contribution is 2.41. The standard InChI is InChI=1S/C44H28N6O/c1-25-9-7-10-26(2)39(25)32-12-8-11-31-29-19-17-27(23-33(29)42-47-35-13-3-5-15-37(35)49(42)41(31)32)51-28-18-20-30-34(24-28)43-48-36-14-4-6-16-38(36)50(43)44-40(30)45-21-22-46-44/h3-24H,1-2H3. The molecule has 0 aliphatic rings. The van der Waals surface area contributed by atoms with Crippen molar-refractivity contribution < 1.29 is 4.74 Å². The van der Waals surface area contributed by atoms with Gasteiger partial charge in [0.25, 0.3) is 0 Å². The van der Waals surface area contributed by atoms with E-state index in [9.17, 15) is 0 Å². The number of imidazole rings is 2. The van der Waals surface area contributed by atoms with Crippen molar-refractivity contribution in [1.29, 1.82) is 0 Å². The second-order valence-corrected chi connectivity index (χ2v) is 13.2. The third kappa shape index (κ3) is 3.94. The molecule has 0 aliphatic carbocycles. The van der Waals surface area contributed by atoms with Crippen LogP contribution in [0.5, 0.6) is 11.5 Å². The van der Waals surface area contributed by atoms with Gasteiger partial charge in [-0.1, -0.05) is 60.7 Å². The van der Waals surface area contributed by atoms with Gasteiger partial charge in [-0.2, -0.15) is 0 Å². The van der Waals surface area contributed by atoms with Crippen LogP contribution in [0.2, 0.25) is 0 Å². The van der Waals surface area contributed by atoms with Gasteiger partial charge in [0.05, 0.1) is 27.6 Å². The Balaban J connectivity index is 1.14. The maximum Gasteiger partial charge on any atom is 0.165 e. The highest BCUT2D eigenvalue weighted by atomic mass is 16.5. The third-order valence-corrected chi connectivity index (χ3v) is 10.3. The van der Waals surface area contributed by atoms with Gasteiger partial charge in [-0.25, -0.2) is 15.0 Å². The van der Waals surface area contributed by atoms with Crippen LogP contribution >= 0.6 is 0 Å². The zero-order chi connectivity index (χ0) is 33.8. The van der Waals surface area contributed by atoms with E-state index in [1.165, 1.54) is 27.6 Å². The molecule has 0 spiro atoms. The largest absolute Gasteiger partial charge is 0.457 e. The molecule has 11 rings (SSSR count). The lowest BCUT2D eigenvalue weighted by molar-refractivity contribution is 0.484. The number of ether oxygens (including phenoxy) is 1. The quantitative estimate of drug-likeness (QED) is 0.177. The second kappa shape index (κ2) is 10.3. The fourth-order valence-corrected chi connectivity index (χ4v) is 8.10. The van der Waals surface area contributed by atoms with Crippen LogP contribution in [-0.4, -0.2) is 28.7 Å². The van der Waals surface area contributed by atoms with Gasteiger partial charge >= 0.3 is 0 Å². The van der Waals surface area contributed by atoms with Crippen molar-refractivity contribution in [2.24, 2.45) is 0 Å². The van der Waals surface area contributed by atoms with E-state index in [1.54, 1.807) is 12.4 Å². The molecular formula is C44H28N6O. The molecule has 0 unspecified atom stereocenters. The van der Waals surface area contributed by atoms with Gasteiger partial charge in [0.2, 0.25) is 0 Å². The Morgan fingerprint density at radius 1 is 0.490 bits per heavy atom. The Kier molecular flexibility index (Phi) is 5.67. The Bertz CT molecular complexity index is 3250. The molecule has 0 aliphatic heterocycles. The molecule has 0 saturated carbocycles. The molecule has 0 N–H and O–H groups in total. The van der Waals surface area contributed by atoms with Crippen molar-refractivity contribution in [3.8, 4) is 22.6 Å². The highest BCUT2D eigenvalue weighted by molar-refractivity contribution is 6.17. The van der Waals surface area contributed by atoms with Gasteiger partial charge in [0, 0.05) is 39.5 Å². The van der Waals surface area contributed by atoms with Crippen LogP contribution in [0.3, 0.4) is 0 Å². The van der Waals surface area contributed by atoms with Gasteiger partial charge in [-0.3, -0.25) is 13.8 Å². The second-order valence-electron chi connectivity index (χ2n) is 13.2. The number of para-hydroxylation sites is 5. The van der Waals surface area contributed by atoms with E-state index in [1.807, 2.05) is 24.3 Å². The number of aromatic nitrogens is 6. The topological polar surface area (TPSA) is 69.6 Å². The van der Waals surface area contributed by atoms with Crippen LogP contribution < -0.4 is 4.74 Å². The van der Waals surface area contributed by atoms with Gasteiger partial charge in [-0.05, 0) is 96.6 Å². The first-order chi connectivity index (χ1) is 25.1. The summed E-state index contributed by atoms with van der Waals surface area (Å²) in [5.74, 6) is 1.44. The molecule has 0 fully saturated rings. The van der Waals surface area contributed by atoms with E-state index in [0.29, 0.717) is 5.75 Å². The Morgan fingerprint density at radius 3 is 1.84 bits per heavy atom.